The molecule has 1 aliphatic carbocycles. The van der Waals surface area contributed by atoms with Crippen LogP contribution in [-0.2, 0) is 27.4 Å². The molecule has 0 atom stereocenters. The van der Waals surface area contributed by atoms with Gasteiger partial charge in [0.05, 0.1) is 26.3 Å². The molecule has 1 aromatic carbocycles. The van der Waals surface area contributed by atoms with Crippen molar-refractivity contribution < 1.29 is 23.8 Å². The third-order valence-corrected chi connectivity index (χ3v) is 8.61. The molecule has 2 fully saturated rings. The van der Waals surface area contributed by atoms with Crippen LogP contribution in [0.5, 0.6) is 11.5 Å². The highest BCUT2D eigenvalue weighted by Gasteiger charge is 2.30. The van der Waals surface area contributed by atoms with Crippen molar-refractivity contribution in [3.05, 3.63) is 45.6 Å². The van der Waals surface area contributed by atoms with E-state index in [2.05, 4.69) is 23.3 Å². The summed E-state index contributed by atoms with van der Waals surface area (Å²) in [7, 11) is 0. The van der Waals surface area contributed by atoms with Crippen LogP contribution in [0.1, 0.15) is 41.7 Å². The van der Waals surface area contributed by atoms with E-state index in [1.165, 1.54) is 5.56 Å². The number of amides is 2. The summed E-state index contributed by atoms with van der Waals surface area (Å²) in [6.07, 6.45) is 4.04. The van der Waals surface area contributed by atoms with Gasteiger partial charge in [0.1, 0.15) is 0 Å². The van der Waals surface area contributed by atoms with Crippen LogP contribution in [0.2, 0.25) is 0 Å². The van der Waals surface area contributed by atoms with Gasteiger partial charge >= 0.3 is 0 Å². The van der Waals surface area contributed by atoms with Crippen molar-refractivity contribution in [3.8, 4) is 11.5 Å². The molecule has 0 N–H and O–H groups in total. The molecule has 5 rings (SSSR count). The summed E-state index contributed by atoms with van der Waals surface area (Å²) in [6, 6.07) is 7.91. The predicted octanol–water partition coefficient (Wildman–Crippen LogP) is 3.67. The van der Waals surface area contributed by atoms with Crippen LogP contribution in [0.3, 0.4) is 0 Å². The number of carbonyl (C=O) groups excluding carboxylic acids is 2. The Balaban J connectivity index is 1.32. The van der Waals surface area contributed by atoms with E-state index in [1.54, 1.807) is 11.3 Å². The van der Waals surface area contributed by atoms with E-state index in [4.69, 9.17) is 14.2 Å². The van der Waals surface area contributed by atoms with Gasteiger partial charge in [0.15, 0.2) is 11.5 Å². The minimum Gasteiger partial charge on any atom is -0.454 e. The monoisotopic (exact) mass is 527 g/mol. The molecular formula is C28H37N3O5S. The number of nitrogens with zero attached hydrogens (tertiary/aromatic N) is 3. The van der Waals surface area contributed by atoms with Gasteiger partial charge in [-0.2, -0.15) is 0 Å². The predicted molar refractivity (Wildman–Crippen MR) is 142 cm³/mol. The summed E-state index contributed by atoms with van der Waals surface area (Å²) in [6.45, 7) is 7.88. The third-order valence-electron chi connectivity index (χ3n) is 7.60. The summed E-state index contributed by atoms with van der Waals surface area (Å²) in [5, 5.41) is 2.06. The van der Waals surface area contributed by atoms with Crippen molar-refractivity contribution in [1.82, 2.24) is 14.7 Å². The first-order valence-electron chi connectivity index (χ1n) is 13.3. The number of hydrogen-bond acceptors (Lipinski definition) is 7. The Morgan fingerprint density at radius 3 is 2.57 bits per heavy atom. The fourth-order valence-corrected chi connectivity index (χ4v) is 6.20. The van der Waals surface area contributed by atoms with Gasteiger partial charge in [-0.15, -0.1) is 11.3 Å². The Hall–Kier alpha value is -2.62. The molecule has 37 heavy (non-hydrogen) atoms. The first kappa shape index (κ1) is 26.0. The first-order valence-corrected chi connectivity index (χ1v) is 14.2. The molecule has 2 aromatic rings. The second kappa shape index (κ2) is 12.3. The lowest BCUT2D eigenvalue weighted by atomic mass is 10.1. The molecule has 1 saturated heterocycles. The number of carbonyl (C=O) groups is 2. The van der Waals surface area contributed by atoms with Crippen LogP contribution in [0.25, 0.3) is 0 Å². The van der Waals surface area contributed by atoms with Gasteiger partial charge in [-0.25, -0.2) is 0 Å². The SMILES string of the molecule is Cc1ccsc1CN(Cc1ccc2c(c1)OCO2)C(=O)CN(CCN1CCOCC1)C(=O)C1CCCC1. The van der Waals surface area contributed by atoms with Crippen LogP contribution < -0.4 is 9.47 Å². The zero-order valence-electron chi connectivity index (χ0n) is 21.7. The molecule has 0 radical (unpaired) electrons. The number of fused-ring (bicyclic) bond motifs is 1. The molecule has 2 amide bonds. The molecule has 200 valence electrons. The van der Waals surface area contributed by atoms with E-state index >= 15 is 0 Å². The van der Waals surface area contributed by atoms with E-state index in [1.807, 2.05) is 28.0 Å². The zero-order chi connectivity index (χ0) is 25.6. The molecule has 1 aromatic heterocycles. The lowest BCUT2D eigenvalue weighted by molar-refractivity contribution is -0.143. The normalized spacial score (nSPS) is 17.8. The van der Waals surface area contributed by atoms with Crippen LogP contribution >= 0.6 is 11.3 Å². The molecule has 0 bridgehead atoms. The van der Waals surface area contributed by atoms with E-state index in [-0.39, 0.29) is 31.1 Å². The molecule has 2 aliphatic heterocycles. The number of benzene rings is 1. The maximum absolute atomic E-state index is 13.8. The molecule has 0 unspecified atom stereocenters. The Morgan fingerprint density at radius 2 is 1.81 bits per heavy atom. The number of morpholine rings is 1. The van der Waals surface area contributed by atoms with E-state index in [0.29, 0.717) is 25.4 Å². The number of aryl methyl sites for hydroxylation is 1. The smallest absolute Gasteiger partial charge is 0.242 e. The topological polar surface area (TPSA) is 71.6 Å². The Bertz CT molecular complexity index is 1080. The van der Waals surface area contributed by atoms with E-state index < -0.39 is 0 Å². The van der Waals surface area contributed by atoms with Gasteiger partial charge < -0.3 is 24.0 Å². The maximum Gasteiger partial charge on any atom is 0.242 e. The van der Waals surface area contributed by atoms with Crippen molar-refractivity contribution in [2.24, 2.45) is 5.92 Å². The maximum atomic E-state index is 13.8. The Labute approximate surface area is 223 Å². The zero-order valence-corrected chi connectivity index (χ0v) is 22.5. The summed E-state index contributed by atoms with van der Waals surface area (Å²) < 4.78 is 16.5. The average Bonchev–Trinajstić information content (AvgIpc) is 3.69. The number of rotatable bonds is 10. The summed E-state index contributed by atoms with van der Waals surface area (Å²) in [4.78, 5) is 34.5. The van der Waals surface area contributed by atoms with Gasteiger partial charge in [0.25, 0.3) is 0 Å². The quantitative estimate of drug-likeness (QED) is 0.470. The Kier molecular flexibility index (Phi) is 8.63. The minimum absolute atomic E-state index is 0.0289. The highest BCUT2D eigenvalue weighted by Crippen LogP contribution is 2.33. The first-order chi connectivity index (χ1) is 18.1. The van der Waals surface area contributed by atoms with Gasteiger partial charge in [-0.1, -0.05) is 18.9 Å². The molecule has 9 heteroatoms. The van der Waals surface area contributed by atoms with Crippen LogP contribution in [-0.4, -0.2) is 79.2 Å². The van der Waals surface area contributed by atoms with E-state index in [9.17, 15) is 9.59 Å². The summed E-state index contributed by atoms with van der Waals surface area (Å²) in [5.41, 5.74) is 2.16. The van der Waals surface area contributed by atoms with Crippen molar-refractivity contribution in [2.75, 3.05) is 52.7 Å². The fraction of sp³-hybridized carbons (Fsp3) is 0.571. The average molecular weight is 528 g/mol. The van der Waals surface area contributed by atoms with Gasteiger partial charge in [0, 0.05) is 43.5 Å². The molecule has 1 saturated carbocycles. The van der Waals surface area contributed by atoms with Crippen molar-refractivity contribution >= 4 is 23.2 Å². The molecule has 8 nitrogen and oxygen atoms in total. The van der Waals surface area contributed by atoms with Crippen LogP contribution in [0.15, 0.2) is 29.6 Å². The number of ether oxygens (including phenoxy) is 3. The van der Waals surface area contributed by atoms with E-state index in [0.717, 1.165) is 74.7 Å². The highest BCUT2D eigenvalue weighted by atomic mass is 32.1. The summed E-state index contributed by atoms with van der Waals surface area (Å²) in [5.74, 6) is 1.58. The fourth-order valence-electron chi connectivity index (χ4n) is 5.28. The Morgan fingerprint density at radius 1 is 1.03 bits per heavy atom. The second-order valence-corrected chi connectivity index (χ2v) is 11.2. The molecule has 3 heterocycles. The third kappa shape index (κ3) is 6.64. The van der Waals surface area contributed by atoms with Crippen molar-refractivity contribution in [1.29, 1.82) is 0 Å². The van der Waals surface area contributed by atoms with Gasteiger partial charge in [0.2, 0.25) is 18.6 Å². The van der Waals surface area contributed by atoms with Crippen LogP contribution in [0, 0.1) is 12.8 Å². The molecule has 0 spiro atoms. The van der Waals surface area contributed by atoms with Crippen molar-refractivity contribution in [3.63, 3.8) is 0 Å². The number of thiophene rings is 1. The van der Waals surface area contributed by atoms with Gasteiger partial charge in [-0.05, 0) is 54.5 Å². The minimum atomic E-state index is -0.0289. The van der Waals surface area contributed by atoms with Gasteiger partial charge in [-0.3, -0.25) is 14.5 Å². The summed E-state index contributed by atoms with van der Waals surface area (Å²) >= 11 is 1.66. The molecule has 3 aliphatic rings. The largest absolute Gasteiger partial charge is 0.454 e. The highest BCUT2D eigenvalue weighted by molar-refractivity contribution is 7.10. The lowest BCUT2D eigenvalue weighted by Crippen LogP contribution is -2.48. The molecular weight excluding hydrogens is 490 g/mol. The van der Waals surface area contributed by atoms with Crippen LogP contribution in [0.4, 0.5) is 0 Å². The number of hydrogen-bond donors (Lipinski definition) is 0. The van der Waals surface area contributed by atoms with Crippen molar-refractivity contribution in [2.45, 2.75) is 45.7 Å². The standard InChI is InChI=1S/C28H37N3O5S/c1-21-8-15-37-26(21)18-31(17-22-6-7-24-25(16-22)36-20-35-24)27(32)19-30(28(33)23-4-2-3-5-23)10-9-29-11-13-34-14-12-29/h6-8,15-16,23H,2-5,9-14,17-20H2,1H3. The second-order valence-electron chi connectivity index (χ2n) is 10.2. The lowest BCUT2D eigenvalue weighted by Gasteiger charge is -2.32.